The Kier molecular flexibility index (Phi) is 5.68. The van der Waals surface area contributed by atoms with Crippen molar-refractivity contribution < 1.29 is 13.9 Å². The van der Waals surface area contributed by atoms with Crippen LogP contribution in [0, 0.1) is 4.71 Å². The average molecular weight is 367 g/mol. The van der Waals surface area contributed by atoms with Gasteiger partial charge in [0.25, 0.3) is 0 Å². The molecule has 3 aromatic rings. The minimum Gasteiger partial charge on any atom is -0.457 e. The molecule has 2 aromatic carbocycles. The summed E-state index contributed by atoms with van der Waals surface area (Å²) in [5, 5.41) is 0.898. The van der Waals surface area contributed by atoms with Gasteiger partial charge in [-0.2, -0.15) is 0 Å². The van der Waals surface area contributed by atoms with Crippen LogP contribution < -0.4 is 4.90 Å². The van der Waals surface area contributed by atoms with Crippen molar-refractivity contribution in [2.75, 3.05) is 18.0 Å². The van der Waals surface area contributed by atoms with Crippen LogP contribution in [0.5, 0.6) is 0 Å². The van der Waals surface area contributed by atoms with Crippen molar-refractivity contribution in [2.24, 2.45) is 0 Å². The van der Waals surface area contributed by atoms with Crippen molar-refractivity contribution in [3.05, 3.63) is 70.4 Å². The summed E-state index contributed by atoms with van der Waals surface area (Å²) in [5.41, 5.74) is 3.15. The number of benzene rings is 2. The Labute approximate surface area is 158 Å². The Hall–Kier alpha value is -2.66. The molecule has 0 radical (unpaired) electrons. The Morgan fingerprint density at radius 2 is 1.81 bits per heavy atom. The van der Waals surface area contributed by atoms with Crippen LogP contribution in [-0.4, -0.2) is 19.1 Å². The summed E-state index contributed by atoms with van der Waals surface area (Å²) >= 11 is 5.25. The third-order valence-corrected chi connectivity index (χ3v) is 4.51. The number of rotatable bonds is 6. The maximum absolute atomic E-state index is 12.2. The molecule has 0 bridgehead atoms. The smallest absolute Gasteiger partial charge is 0.338 e. The number of nitrogens with zero attached hydrogens (tertiary/aromatic N) is 1. The fourth-order valence-electron chi connectivity index (χ4n) is 2.92. The van der Waals surface area contributed by atoms with Crippen molar-refractivity contribution in [3.8, 4) is 0 Å². The van der Waals surface area contributed by atoms with Crippen molar-refractivity contribution in [1.82, 2.24) is 0 Å². The summed E-state index contributed by atoms with van der Waals surface area (Å²) in [5.74, 6) is -0.356. The Morgan fingerprint density at radius 3 is 2.50 bits per heavy atom. The van der Waals surface area contributed by atoms with E-state index >= 15 is 0 Å². The van der Waals surface area contributed by atoms with Crippen LogP contribution in [0.25, 0.3) is 11.0 Å². The van der Waals surface area contributed by atoms with E-state index in [1.165, 1.54) is 0 Å². The van der Waals surface area contributed by atoms with Crippen molar-refractivity contribution in [1.29, 1.82) is 0 Å². The molecule has 1 heterocycles. The summed E-state index contributed by atoms with van der Waals surface area (Å²) in [6, 6.07) is 16.7. The second-order valence-electron chi connectivity index (χ2n) is 5.89. The van der Waals surface area contributed by atoms with Gasteiger partial charge in [0, 0.05) is 35.8 Å². The molecule has 0 aliphatic carbocycles. The molecule has 26 heavy (non-hydrogen) atoms. The molecule has 0 N–H and O–H groups in total. The first-order valence-electron chi connectivity index (χ1n) is 8.66. The number of fused-ring (bicyclic) bond motifs is 1. The molecule has 0 aliphatic heterocycles. The molecule has 0 aliphatic rings. The molecular formula is C21H21NO3S. The molecule has 134 valence electrons. The van der Waals surface area contributed by atoms with E-state index < -0.39 is 0 Å². The molecule has 0 amide bonds. The molecule has 0 spiro atoms. The Bertz CT molecular complexity index is 962. The molecule has 3 rings (SSSR count). The van der Waals surface area contributed by atoms with E-state index in [1.807, 2.05) is 30.3 Å². The van der Waals surface area contributed by atoms with E-state index in [4.69, 9.17) is 21.4 Å². The first-order valence-corrected chi connectivity index (χ1v) is 9.07. The predicted molar refractivity (Wildman–Crippen MR) is 106 cm³/mol. The van der Waals surface area contributed by atoms with Crippen molar-refractivity contribution in [2.45, 2.75) is 20.5 Å². The summed E-state index contributed by atoms with van der Waals surface area (Å²) in [7, 11) is 0. The Morgan fingerprint density at radius 1 is 1.08 bits per heavy atom. The first kappa shape index (κ1) is 18.1. The topological polar surface area (TPSA) is 42.7 Å². The molecular weight excluding hydrogens is 346 g/mol. The van der Waals surface area contributed by atoms with Gasteiger partial charge < -0.3 is 14.1 Å². The third kappa shape index (κ3) is 3.94. The lowest BCUT2D eigenvalue weighted by Gasteiger charge is -2.21. The predicted octanol–water partition coefficient (Wildman–Crippen LogP) is 5.37. The van der Waals surface area contributed by atoms with Gasteiger partial charge in [0.1, 0.15) is 12.2 Å². The van der Waals surface area contributed by atoms with Crippen LogP contribution >= 0.6 is 12.2 Å². The lowest BCUT2D eigenvalue weighted by atomic mass is 10.1. The van der Waals surface area contributed by atoms with Gasteiger partial charge in [0.05, 0.1) is 5.56 Å². The van der Waals surface area contributed by atoms with Crippen LogP contribution in [0.3, 0.4) is 0 Å². The second kappa shape index (κ2) is 8.15. The maximum Gasteiger partial charge on any atom is 0.338 e. The lowest BCUT2D eigenvalue weighted by Crippen LogP contribution is -2.21. The molecule has 1 aromatic heterocycles. The number of hydrogen-bond acceptors (Lipinski definition) is 5. The first-order chi connectivity index (χ1) is 12.6. The highest BCUT2D eigenvalue weighted by Crippen LogP contribution is 2.26. The van der Waals surface area contributed by atoms with Crippen LogP contribution in [0.1, 0.15) is 29.8 Å². The zero-order valence-electron chi connectivity index (χ0n) is 14.9. The SMILES string of the molecule is CCN(CC)c1ccc2c(COC(=O)c3ccccc3)cc(=S)oc2c1. The minimum absolute atomic E-state index is 0.148. The molecule has 4 nitrogen and oxygen atoms in total. The van der Waals surface area contributed by atoms with Gasteiger partial charge in [-0.3, -0.25) is 0 Å². The summed E-state index contributed by atoms with van der Waals surface area (Å²) < 4.78 is 11.6. The number of anilines is 1. The fraction of sp³-hybridized carbons (Fsp3) is 0.238. The van der Waals surface area contributed by atoms with Gasteiger partial charge in [-0.15, -0.1) is 0 Å². The zero-order valence-corrected chi connectivity index (χ0v) is 15.7. The minimum atomic E-state index is -0.356. The highest BCUT2D eigenvalue weighted by atomic mass is 32.1. The van der Waals surface area contributed by atoms with Gasteiger partial charge in [-0.05, 0) is 56.4 Å². The van der Waals surface area contributed by atoms with Gasteiger partial charge in [0.2, 0.25) is 0 Å². The van der Waals surface area contributed by atoms with E-state index in [2.05, 4.69) is 24.8 Å². The normalized spacial score (nSPS) is 10.7. The van der Waals surface area contributed by atoms with Gasteiger partial charge in [-0.25, -0.2) is 4.79 Å². The summed E-state index contributed by atoms with van der Waals surface area (Å²) in [6.45, 7) is 6.20. The largest absolute Gasteiger partial charge is 0.457 e. The van der Waals surface area contributed by atoms with Crippen LogP contribution in [0.4, 0.5) is 5.69 Å². The molecule has 0 fully saturated rings. The van der Waals surface area contributed by atoms with E-state index in [-0.39, 0.29) is 12.6 Å². The number of carbonyl (C=O) groups excluding carboxylic acids is 1. The van der Waals surface area contributed by atoms with Crippen molar-refractivity contribution >= 4 is 34.8 Å². The number of carbonyl (C=O) groups is 1. The van der Waals surface area contributed by atoms with E-state index in [1.54, 1.807) is 18.2 Å². The highest BCUT2D eigenvalue weighted by molar-refractivity contribution is 7.71. The lowest BCUT2D eigenvalue weighted by molar-refractivity contribution is 0.0474. The monoisotopic (exact) mass is 367 g/mol. The number of esters is 1. The number of ether oxygens (including phenoxy) is 1. The maximum atomic E-state index is 12.2. The van der Waals surface area contributed by atoms with Gasteiger partial charge >= 0.3 is 5.97 Å². The summed E-state index contributed by atoms with van der Waals surface area (Å²) in [6.07, 6.45) is 0. The molecule has 5 heteroatoms. The van der Waals surface area contributed by atoms with Gasteiger partial charge in [-0.1, -0.05) is 18.2 Å². The average Bonchev–Trinajstić information content (AvgIpc) is 2.67. The Balaban J connectivity index is 1.88. The van der Waals surface area contributed by atoms with Crippen LogP contribution in [0.2, 0.25) is 0 Å². The van der Waals surface area contributed by atoms with E-state index in [0.29, 0.717) is 15.9 Å². The second-order valence-corrected chi connectivity index (χ2v) is 6.29. The van der Waals surface area contributed by atoms with Gasteiger partial charge in [0.15, 0.2) is 4.71 Å². The van der Waals surface area contributed by atoms with E-state index in [0.717, 1.165) is 29.7 Å². The van der Waals surface area contributed by atoms with Crippen molar-refractivity contribution in [3.63, 3.8) is 0 Å². The van der Waals surface area contributed by atoms with Crippen LogP contribution in [0.15, 0.2) is 59.0 Å². The quantitative estimate of drug-likeness (QED) is 0.433. The molecule has 0 atom stereocenters. The number of hydrogen-bond donors (Lipinski definition) is 0. The highest BCUT2D eigenvalue weighted by Gasteiger charge is 2.11. The van der Waals surface area contributed by atoms with E-state index in [9.17, 15) is 4.79 Å². The fourth-order valence-corrected chi connectivity index (χ4v) is 3.16. The third-order valence-electron chi connectivity index (χ3n) is 4.31. The standard InChI is InChI=1S/C21H21NO3S/c1-3-22(4-2)17-10-11-18-16(12-20(26)25-19(18)13-17)14-24-21(23)15-8-6-5-7-9-15/h5-13H,3-4,14H2,1-2H3. The molecule has 0 saturated carbocycles. The molecule has 0 saturated heterocycles. The zero-order chi connectivity index (χ0) is 18.5. The summed E-state index contributed by atoms with van der Waals surface area (Å²) in [4.78, 5) is 14.4. The van der Waals surface area contributed by atoms with Crippen LogP contribution in [-0.2, 0) is 11.3 Å². The molecule has 0 unspecified atom stereocenters.